The van der Waals surface area contributed by atoms with Crippen molar-refractivity contribution in [3.05, 3.63) is 0 Å². The lowest BCUT2D eigenvalue weighted by Crippen LogP contribution is -1.86. The second kappa shape index (κ2) is 5.57. The Bertz CT molecular complexity index is 74.8. The number of rotatable bonds is 4. The second-order valence-electron chi connectivity index (χ2n) is 1.70. The van der Waals surface area contributed by atoms with E-state index in [1.165, 1.54) is 0 Å². The summed E-state index contributed by atoms with van der Waals surface area (Å²) in [5, 5.41) is 0. The molecule has 3 heteroatoms. The molecule has 0 amide bonds. The van der Waals surface area contributed by atoms with Gasteiger partial charge in [0.2, 0.25) is 0 Å². The molecule has 0 aliphatic rings. The maximum atomic E-state index is 10.2. The fourth-order valence-electron chi connectivity index (χ4n) is 0.466. The Labute approximate surface area is 57.4 Å². The third-order valence-electron chi connectivity index (χ3n) is 0.908. The van der Waals surface area contributed by atoms with Gasteiger partial charge >= 0.3 is 0 Å². The highest BCUT2D eigenvalue weighted by Gasteiger charge is 1.90. The molecule has 0 aromatic heterocycles. The Balaban J connectivity index is 2.82. The van der Waals surface area contributed by atoms with Crippen LogP contribution < -0.4 is 0 Å². The van der Waals surface area contributed by atoms with Crippen molar-refractivity contribution in [3.63, 3.8) is 0 Å². The number of hydrogen-bond donors (Lipinski definition) is 0. The highest BCUT2D eigenvalue weighted by Crippen LogP contribution is 1.98. The smallest absolute Gasteiger partial charge is 0.114 e. The SMILES string of the molecule is CCCCCS(=O)Cl. The van der Waals surface area contributed by atoms with Crippen LogP contribution in [0.15, 0.2) is 0 Å². The zero-order valence-electron chi connectivity index (χ0n) is 5.02. The van der Waals surface area contributed by atoms with E-state index in [1.807, 2.05) is 0 Å². The lowest BCUT2D eigenvalue weighted by molar-refractivity contribution is 0.684. The topological polar surface area (TPSA) is 17.1 Å². The maximum Gasteiger partial charge on any atom is 0.114 e. The van der Waals surface area contributed by atoms with Crippen molar-refractivity contribution in [1.82, 2.24) is 0 Å². The fraction of sp³-hybridized carbons (Fsp3) is 1.00. The molecule has 0 aliphatic heterocycles. The molecule has 0 rings (SSSR count). The van der Waals surface area contributed by atoms with E-state index in [1.54, 1.807) is 0 Å². The number of hydrogen-bond acceptors (Lipinski definition) is 1. The van der Waals surface area contributed by atoms with Crippen LogP contribution in [0.4, 0.5) is 0 Å². The van der Waals surface area contributed by atoms with Gasteiger partial charge in [0.1, 0.15) is 10.0 Å². The van der Waals surface area contributed by atoms with Gasteiger partial charge in [0.15, 0.2) is 0 Å². The van der Waals surface area contributed by atoms with E-state index < -0.39 is 10.0 Å². The predicted molar refractivity (Wildman–Crippen MR) is 38.4 cm³/mol. The minimum Gasteiger partial charge on any atom is -0.243 e. The summed E-state index contributed by atoms with van der Waals surface area (Å²) in [4.78, 5) is 0. The van der Waals surface area contributed by atoms with Gasteiger partial charge in [0.05, 0.1) is 0 Å². The molecule has 0 saturated carbocycles. The molecule has 0 N–H and O–H groups in total. The molecular formula is C5H11ClOS. The Morgan fingerprint density at radius 2 is 2.12 bits per heavy atom. The summed E-state index contributed by atoms with van der Waals surface area (Å²) in [5.41, 5.74) is 0. The van der Waals surface area contributed by atoms with Gasteiger partial charge in [-0.05, 0) is 17.1 Å². The van der Waals surface area contributed by atoms with Gasteiger partial charge in [-0.15, -0.1) is 0 Å². The first-order valence-corrected chi connectivity index (χ1v) is 4.96. The van der Waals surface area contributed by atoms with Crippen molar-refractivity contribution < 1.29 is 4.21 Å². The van der Waals surface area contributed by atoms with Gasteiger partial charge in [-0.25, -0.2) is 4.21 Å². The van der Waals surface area contributed by atoms with Crippen molar-refractivity contribution >= 4 is 20.7 Å². The maximum absolute atomic E-state index is 10.2. The molecule has 0 heterocycles. The molecule has 0 aliphatic carbocycles. The van der Waals surface area contributed by atoms with E-state index in [0.717, 1.165) is 19.3 Å². The van der Waals surface area contributed by atoms with Gasteiger partial charge in [-0.1, -0.05) is 19.8 Å². The van der Waals surface area contributed by atoms with E-state index in [2.05, 4.69) is 6.92 Å². The first-order chi connectivity index (χ1) is 3.77. The molecule has 0 bridgehead atoms. The van der Waals surface area contributed by atoms with Crippen LogP contribution in [0.2, 0.25) is 0 Å². The zero-order chi connectivity index (χ0) is 6.41. The molecule has 0 aromatic rings. The minimum atomic E-state index is -1.09. The molecule has 0 aromatic carbocycles. The van der Waals surface area contributed by atoms with Gasteiger partial charge in [-0.3, -0.25) is 0 Å². The molecule has 0 saturated heterocycles. The first kappa shape index (κ1) is 8.44. The van der Waals surface area contributed by atoms with Crippen LogP contribution in [0.5, 0.6) is 0 Å². The van der Waals surface area contributed by atoms with E-state index >= 15 is 0 Å². The molecule has 1 unspecified atom stereocenters. The molecule has 0 fully saturated rings. The Kier molecular flexibility index (Phi) is 5.88. The molecule has 8 heavy (non-hydrogen) atoms. The number of unbranched alkanes of at least 4 members (excludes halogenated alkanes) is 2. The summed E-state index contributed by atoms with van der Waals surface area (Å²) in [6.45, 7) is 2.11. The van der Waals surface area contributed by atoms with Crippen LogP contribution in [0.25, 0.3) is 0 Å². The van der Waals surface area contributed by atoms with Gasteiger partial charge < -0.3 is 0 Å². The van der Waals surface area contributed by atoms with E-state index in [-0.39, 0.29) is 0 Å². The first-order valence-electron chi connectivity index (χ1n) is 2.82. The lowest BCUT2D eigenvalue weighted by atomic mass is 10.3. The normalized spacial score (nSPS) is 13.8. The van der Waals surface area contributed by atoms with Gasteiger partial charge in [-0.2, -0.15) is 0 Å². The molecule has 1 atom stereocenters. The van der Waals surface area contributed by atoms with E-state index in [4.69, 9.17) is 10.7 Å². The molecule has 1 nitrogen and oxygen atoms in total. The summed E-state index contributed by atoms with van der Waals surface area (Å²) >= 11 is 0. The highest BCUT2D eigenvalue weighted by molar-refractivity contribution is 8.08. The van der Waals surface area contributed by atoms with E-state index in [0.29, 0.717) is 5.75 Å². The van der Waals surface area contributed by atoms with Crippen molar-refractivity contribution in [3.8, 4) is 0 Å². The molecular weight excluding hydrogens is 144 g/mol. The van der Waals surface area contributed by atoms with Crippen LogP contribution in [-0.2, 0) is 10.0 Å². The van der Waals surface area contributed by atoms with Crippen LogP contribution >= 0.6 is 10.7 Å². The average molecular weight is 155 g/mol. The third-order valence-corrected chi connectivity index (χ3v) is 1.98. The summed E-state index contributed by atoms with van der Waals surface area (Å²) in [6.07, 6.45) is 3.29. The van der Waals surface area contributed by atoms with Crippen LogP contribution in [0.1, 0.15) is 26.2 Å². The molecule has 0 radical (unpaired) electrons. The average Bonchev–Trinajstić information content (AvgIpc) is 1.66. The molecule has 0 spiro atoms. The third kappa shape index (κ3) is 6.44. The van der Waals surface area contributed by atoms with E-state index in [9.17, 15) is 4.21 Å². The largest absolute Gasteiger partial charge is 0.243 e. The second-order valence-corrected chi connectivity index (χ2v) is 3.72. The predicted octanol–water partition coefficient (Wildman–Crippen LogP) is 2.08. The minimum absolute atomic E-state index is 0.648. The summed E-state index contributed by atoms with van der Waals surface area (Å²) in [7, 11) is 4.09. The Morgan fingerprint density at radius 3 is 2.50 bits per heavy atom. The monoisotopic (exact) mass is 154 g/mol. The summed E-state index contributed by atoms with van der Waals surface area (Å²) < 4.78 is 10.2. The lowest BCUT2D eigenvalue weighted by Gasteiger charge is -1.90. The van der Waals surface area contributed by atoms with Crippen LogP contribution in [0, 0.1) is 0 Å². The summed E-state index contributed by atoms with van der Waals surface area (Å²) in [5.74, 6) is 0.648. The Morgan fingerprint density at radius 1 is 1.50 bits per heavy atom. The number of halogens is 1. The van der Waals surface area contributed by atoms with Crippen molar-refractivity contribution in [2.45, 2.75) is 26.2 Å². The standard InChI is InChI=1S/C5H11ClOS/c1-2-3-4-5-8(6)7/h2-5H2,1H3. The van der Waals surface area contributed by atoms with Crippen molar-refractivity contribution in [2.24, 2.45) is 0 Å². The Hall–Kier alpha value is 0.440. The highest BCUT2D eigenvalue weighted by atomic mass is 35.7. The van der Waals surface area contributed by atoms with Gasteiger partial charge in [0, 0.05) is 5.75 Å². The fourth-order valence-corrected chi connectivity index (χ4v) is 1.22. The van der Waals surface area contributed by atoms with Crippen molar-refractivity contribution in [2.75, 3.05) is 5.75 Å². The molecule has 50 valence electrons. The van der Waals surface area contributed by atoms with Crippen LogP contribution in [0.3, 0.4) is 0 Å². The van der Waals surface area contributed by atoms with Crippen molar-refractivity contribution in [1.29, 1.82) is 0 Å². The quantitative estimate of drug-likeness (QED) is 0.448. The zero-order valence-corrected chi connectivity index (χ0v) is 6.60. The summed E-state index contributed by atoms with van der Waals surface area (Å²) in [6, 6.07) is 0. The van der Waals surface area contributed by atoms with Crippen LogP contribution in [-0.4, -0.2) is 9.96 Å². The van der Waals surface area contributed by atoms with Gasteiger partial charge in [0.25, 0.3) is 0 Å².